The Labute approximate surface area is 177 Å². The number of benzene rings is 2. The molecule has 31 heavy (non-hydrogen) atoms. The van der Waals surface area contributed by atoms with Crippen molar-refractivity contribution in [3.8, 4) is 0 Å². The summed E-state index contributed by atoms with van der Waals surface area (Å²) in [7, 11) is 0. The molecule has 0 saturated carbocycles. The highest BCUT2D eigenvalue weighted by atomic mass is 16.6. The number of nitrogens with zero attached hydrogens (tertiary/aromatic N) is 3. The van der Waals surface area contributed by atoms with Crippen LogP contribution in [0.5, 0.6) is 0 Å². The van der Waals surface area contributed by atoms with Gasteiger partial charge in [-0.3, -0.25) is 24.2 Å². The van der Waals surface area contributed by atoms with Crippen LogP contribution in [0.15, 0.2) is 48.5 Å². The standard InChI is InChI=1S/C22H19N3O6/c26-19-13-30-9-8-23(19)14-4-3-5-15(10-14)24-11-16(31-22(24)29)12-25-20(27)17-6-1-2-7-18(17)21(25)28/h1-7,10,16H,8-9,11-13H2. The summed E-state index contributed by atoms with van der Waals surface area (Å²) in [5, 5.41) is 0. The summed E-state index contributed by atoms with van der Waals surface area (Å²) in [5.41, 5.74) is 1.96. The maximum Gasteiger partial charge on any atom is 0.414 e. The van der Waals surface area contributed by atoms with Gasteiger partial charge in [-0.05, 0) is 30.3 Å². The van der Waals surface area contributed by atoms with E-state index in [0.29, 0.717) is 35.7 Å². The molecule has 0 aliphatic carbocycles. The van der Waals surface area contributed by atoms with E-state index in [1.165, 1.54) is 4.90 Å². The first-order valence-corrected chi connectivity index (χ1v) is 9.94. The van der Waals surface area contributed by atoms with Gasteiger partial charge in [-0.1, -0.05) is 18.2 Å². The molecule has 0 N–H and O–H groups in total. The molecular formula is C22H19N3O6. The van der Waals surface area contributed by atoms with Gasteiger partial charge >= 0.3 is 6.09 Å². The van der Waals surface area contributed by atoms with E-state index >= 15 is 0 Å². The van der Waals surface area contributed by atoms with Crippen molar-refractivity contribution < 1.29 is 28.7 Å². The second-order valence-corrected chi connectivity index (χ2v) is 7.50. The number of fused-ring (bicyclic) bond motifs is 1. The molecule has 4 amide bonds. The van der Waals surface area contributed by atoms with E-state index in [1.54, 1.807) is 53.4 Å². The Morgan fingerprint density at radius 1 is 0.871 bits per heavy atom. The number of hydrogen-bond donors (Lipinski definition) is 0. The number of cyclic esters (lactones) is 1. The Kier molecular flexibility index (Phi) is 4.67. The number of morpholine rings is 1. The molecule has 5 rings (SSSR count). The SMILES string of the molecule is O=C1c2ccccc2C(=O)N1CC1CN(c2cccc(N3CCOCC3=O)c2)C(=O)O1. The summed E-state index contributed by atoms with van der Waals surface area (Å²) in [4.78, 5) is 54.0. The molecule has 1 unspecified atom stereocenters. The van der Waals surface area contributed by atoms with Gasteiger partial charge in [0.25, 0.3) is 17.7 Å². The van der Waals surface area contributed by atoms with Gasteiger partial charge in [-0.25, -0.2) is 4.79 Å². The minimum atomic E-state index is -0.650. The molecule has 0 aromatic heterocycles. The Morgan fingerprint density at radius 3 is 2.23 bits per heavy atom. The third kappa shape index (κ3) is 3.32. The van der Waals surface area contributed by atoms with E-state index in [1.807, 2.05) is 0 Å². The van der Waals surface area contributed by atoms with Crippen LogP contribution in [0.3, 0.4) is 0 Å². The molecule has 2 saturated heterocycles. The van der Waals surface area contributed by atoms with Crippen LogP contribution in [0.2, 0.25) is 0 Å². The van der Waals surface area contributed by atoms with Crippen LogP contribution in [0, 0.1) is 0 Å². The maximum atomic E-state index is 12.6. The van der Waals surface area contributed by atoms with Gasteiger partial charge in [0.15, 0.2) is 0 Å². The fourth-order valence-electron chi connectivity index (χ4n) is 4.06. The third-order valence-electron chi connectivity index (χ3n) is 5.58. The molecule has 0 bridgehead atoms. The first-order chi connectivity index (χ1) is 15.0. The summed E-state index contributed by atoms with van der Waals surface area (Å²) < 4.78 is 10.6. The second kappa shape index (κ2) is 7.51. The molecule has 3 heterocycles. The number of carbonyl (C=O) groups is 4. The molecule has 158 valence electrons. The minimum absolute atomic E-state index is 0.0176. The number of hydrogen-bond acceptors (Lipinski definition) is 6. The average molecular weight is 421 g/mol. The molecule has 0 spiro atoms. The van der Waals surface area contributed by atoms with Gasteiger partial charge in [0.1, 0.15) is 12.7 Å². The zero-order valence-electron chi connectivity index (χ0n) is 16.5. The predicted octanol–water partition coefficient (Wildman–Crippen LogP) is 1.67. The van der Waals surface area contributed by atoms with Gasteiger partial charge in [-0.2, -0.15) is 0 Å². The van der Waals surface area contributed by atoms with Crippen molar-refractivity contribution in [2.24, 2.45) is 0 Å². The van der Waals surface area contributed by atoms with Crippen molar-refractivity contribution in [2.45, 2.75) is 6.10 Å². The van der Waals surface area contributed by atoms with Crippen LogP contribution in [0.25, 0.3) is 0 Å². The Hall–Kier alpha value is -3.72. The zero-order valence-corrected chi connectivity index (χ0v) is 16.5. The molecule has 9 nitrogen and oxygen atoms in total. The number of ether oxygens (including phenoxy) is 2. The van der Waals surface area contributed by atoms with Crippen LogP contribution in [-0.4, -0.2) is 67.7 Å². The van der Waals surface area contributed by atoms with Crippen LogP contribution in [-0.2, 0) is 14.3 Å². The van der Waals surface area contributed by atoms with Crippen LogP contribution in [0.1, 0.15) is 20.7 Å². The molecule has 3 aliphatic rings. The molecule has 2 fully saturated rings. The van der Waals surface area contributed by atoms with Crippen molar-refractivity contribution >= 4 is 35.2 Å². The van der Waals surface area contributed by atoms with Crippen molar-refractivity contribution in [3.63, 3.8) is 0 Å². The first kappa shape index (κ1) is 19.3. The van der Waals surface area contributed by atoms with Crippen molar-refractivity contribution in [1.82, 2.24) is 4.90 Å². The smallest absolute Gasteiger partial charge is 0.414 e. The fraction of sp³-hybridized carbons (Fsp3) is 0.273. The largest absolute Gasteiger partial charge is 0.442 e. The number of anilines is 2. The third-order valence-corrected chi connectivity index (χ3v) is 5.58. The van der Waals surface area contributed by atoms with Gasteiger partial charge in [0, 0.05) is 17.9 Å². The average Bonchev–Trinajstić information content (AvgIpc) is 3.27. The Balaban J connectivity index is 1.31. The topological polar surface area (TPSA) is 96.5 Å². The lowest BCUT2D eigenvalue weighted by Crippen LogP contribution is -2.41. The van der Waals surface area contributed by atoms with Crippen molar-refractivity contribution in [3.05, 3.63) is 59.7 Å². The number of imide groups is 1. The molecule has 0 radical (unpaired) electrons. The molecule has 9 heteroatoms. The summed E-state index contributed by atoms with van der Waals surface area (Å²) in [5.74, 6) is -0.915. The lowest BCUT2D eigenvalue weighted by Gasteiger charge is -2.27. The monoisotopic (exact) mass is 421 g/mol. The molecule has 2 aromatic rings. The number of carbonyl (C=O) groups excluding carboxylic acids is 4. The van der Waals surface area contributed by atoms with Crippen molar-refractivity contribution in [1.29, 1.82) is 0 Å². The highest BCUT2D eigenvalue weighted by molar-refractivity contribution is 6.21. The van der Waals surface area contributed by atoms with Gasteiger partial charge in [0.2, 0.25) is 0 Å². The van der Waals surface area contributed by atoms with Crippen LogP contribution >= 0.6 is 0 Å². The van der Waals surface area contributed by atoms with Crippen molar-refractivity contribution in [2.75, 3.05) is 42.6 Å². The molecular weight excluding hydrogens is 402 g/mol. The van der Waals surface area contributed by atoms with E-state index < -0.39 is 12.2 Å². The van der Waals surface area contributed by atoms with E-state index in [4.69, 9.17) is 9.47 Å². The first-order valence-electron chi connectivity index (χ1n) is 9.94. The van der Waals surface area contributed by atoms with E-state index in [0.717, 1.165) is 4.90 Å². The van der Waals surface area contributed by atoms with Gasteiger partial charge in [-0.15, -0.1) is 0 Å². The van der Waals surface area contributed by atoms with Gasteiger partial charge in [0.05, 0.1) is 30.8 Å². The summed E-state index contributed by atoms with van der Waals surface area (Å²) in [6.07, 6.45) is -1.21. The Morgan fingerprint density at radius 2 is 1.55 bits per heavy atom. The maximum absolute atomic E-state index is 12.6. The van der Waals surface area contributed by atoms with E-state index in [-0.39, 0.29) is 37.4 Å². The Bertz CT molecular complexity index is 1070. The lowest BCUT2D eigenvalue weighted by atomic mass is 10.1. The number of amides is 4. The van der Waals surface area contributed by atoms with Crippen LogP contribution in [0.4, 0.5) is 16.2 Å². The summed E-state index contributed by atoms with van der Waals surface area (Å²) in [6.45, 7) is 1.08. The molecule has 1 atom stereocenters. The minimum Gasteiger partial charge on any atom is -0.442 e. The van der Waals surface area contributed by atoms with Crippen LogP contribution < -0.4 is 9.80 Å². The van der Waals surface area contributed by atoms with E-state index in [9.17, 15) is 19.2 Å². The lowest BCUT2D eigenvalue weighted by molar-refractivity contribution is -0.125. The normalized spacial score (nSPS) is 21.0. The zero-order chi connectivity index (χ0) is 21.5. The molecule has 2 aromatic carbocycles. The number of rotatable bonds is 4. The predicted molar refractivity (Wildman–Crippen MR) is 109 cm³/mol. The quantitative estimate of drug-likeness (QED) is 0.697. The molecule has 3 aliphatic heterocycles. The van der Waals surface area contributed by atoms with Gasteiger partial charge < -0.3 is 14.4 Å². The summed E-state index contributed by atoms with van der Waals surface area (Å²) in [6, 6.07) is 13.7. The highest BCUT2D eigenvalue weighted by Crippen LogP contribution is 2.29. The highest BCUT2D eigenvalue weighted by Gasteiger charge is 2.40. The fourth-order valence-corrected chi connectivity index (χ4v) is 4.06. The summed E-state index contributed by atoms with van der Waals surface area (Å²) >= 11 is 0. The second-order valence-electron chi connectivity index (χ2n) is 7.50. The van der Waals surface area contributed by atoms with E-state index in [2.05, 4.69) is 0 Å².